The van der Waals surface area contributed by atoms with Crippen molar-refractivity contribution in [1.29, 1.82) is 0 Å². The standard InChI is InChI=1S/C21H22F2N6O/c22-19(23)11-24-9-14-4-3-5-15(8-14)12-29-13-16(10-25-29)26-21(30)20-17-6-1-2-7-18(17)27-28-20/h1,3-6,8,10,13,19,24H,2,7,9,11-12H2,(H,26,30)(H,27,28). The molecule has 0 atom stereocenters. The van der Waals surface area contributed by atoms with Gasteiger partial charge in [0.15, 0.2) is 5.69 Å². The zero-order valence-corrected chi connectivity index (χ0v) is 16.2. The predicted molar refractivity (Wildman–Crippen MR) is 109 cm³/mol. The molecular weight excluding hydrogens is 390 g/mol. The summed E-state index contributed by atoms with van der Waals surface area (Å²) in [6.07, 6.45) is 6.70. The molecule has 0 fully saturated rings. The van der Waals surface area contributed by atoms with Crippen molar-refractivity contribution in [2.75, 3.05) is 11.9 Å². The molecule has 1 aromatic carbocycles. The van der Waals surface area contributed by atoms with Crippen LogP contribution in [-0.2, 0) is 19.5 Å². The maximum Gasteiger partial charge on any atom is 0.276 e. The first-order valence-electron chi connectivity index (χ1n) is 9.73. The summed E-state index contributed by atoms with van der Waals surface area (Å²) in [6.45, 7) is 0.543. The van der Waals surface area contributed by atoms with Crippen LogP contribution in [0.2, 0.25) is 0 Å². The Kier molecular flexibility index (Phi) is 5.99. The molecule has 0 radical (unpaired) electrons. The van der Waals surface area contributed by atoms with Gasteiger partial charge in [-0.1, -0.05) is 36.4 Å². The number of carbonyl (C=O) groups excluding carboxylic acids is 1. The Hall–Kier alpha value is -3.33. The molecule has 2 heterocycles. The molecule has 7 nitrogen and oxygen atoms in total. The molecule has 1 aliphatic carbocycles. The summed E-state index contributed by atoms with van der Waals surface area (Å²) >= 11 is 0. The molecule has 0 saturated carbocycles. The highest BCUT2D eigenvalue weighted by Gasteiger charge is 2.19. The van der Waals surface area contributed by atoms with Crippen LogP contribution in [0.4, 0.5) is 14.5 Å². The molecule has 0 bridgehead atoms. The Morgan fingerprint density at radius 3 is 3.03 bits per heavy atom. The predicted octanol–water partition coefficient (Wildman–Crippen LogP) is 3.22. The minimum Gasteiger partial charge on any atom is -0.318 e. The molecule has 156 valence electrons. The summed E-state index contributed by atoms with van der Waals surface area (Å²) < 4.78 is 26.2. The van der Waals surface area contributed by atoms with Crippen LogP contribution in [0.1, 0.15) is 39.3 Å². The number of nitrogens with zero attached hydrogens (tertiary/aromatic N) is 3. The first kappa shape index (κ1) is 20.0. The number of amides is 1. The number of nitrogens with one attached hydrogen (secondary N) is 3. The molecule has 0 aliphatic heterocycles. The molecule has 1 amide bonds. The van der Waals surface area contributed by atoms with Gasteiger partial charge in [0.25, 0.3) is 12.3 Å². The molecule has 0 spiro atoms. The molecule has 3 aromatic rings. The first-order valence-corrected chi connectivity index (χ1v) is 9.73. The number of aryl methyl sites for hydroxylation is 1. The van der Waals surface area contributed by atoms with Gasteiger partial charge in [0.1, 0.15) is 0 Å². The van der Waals surface area contributed by atoms with E-state index in [4.69, 9.17) is 0 Å². The molecule has 1 aliphatic rings. The highest BCUT2D eigenvalue weighted by Crippen LogP contribution is 2.21. The minimum absolute atomic E-state index is 0.286. The lowest BCUT2D eigenvalue weighted by atomic mass is 10.0. The molecule has 3 N–H and O–H groups in total. The number of allylic oxidation sites excluding steroid dienone is 1. The molecular formula is C21H22F2N6O. The number of alkyl halides is 2. The van der Waals surface area contributed by atoms with Gasteiger partial charge in [-0.3, -0.25) is 14.6 Å². The molecule has 0 unspecified atom stereocenters. The van der Waals surface area contributed by atoms with Gasteiger partial charge < -0.3 is 10.6 Å². The van der Waals surface area contributed by atoms with E-state index in [9.17, 15) is 13.6 Å². The van der Waals surface area contributed by atoms with Gasteiger partial charge in [-0.25, -0.2) is 8.78 Å². The average Bonchev–Trinajstić information content (AvgIpc) is 3.35. The van der Waals surface area contributed by atoms with Gasteiger partial charge in [0.2, 0.25) is 0 Å². The summed E-state index contributed by atoms with van der Waals surface area (Å²) in [6, 6.07) is 7.66. The maximum absolute atomic E-state index is 12.6. The Morgan fingerprint density at radius 1 is 1.30 bits per heavy atom. The lowest BCUT2D eigenvalue weighted by Gasteiger charge is -2.07. The summed E-state index contributed by atoms with van der Waals surface area (Å²) in [7, 11) is 0. The van der Waals surface area contributed by atoms with Gasteiger partial charge in [-0.15, -0.1) is 0 Å². The molecule has 30 heavy (non-hydrogen) atoms. The number of aromatic nitrogens is 4. The Bertz CT molecular complexity index is 1060. The van der Waals surface area contributed by atoms with Crippen LogP contribution in [0, 0.1) is 0 Å². The van der Waals surface area contributed by atoms with Crippen LogP contribution in [0.15, 0.2) is 42.7 Å². The van der Waals surface area contributed by atoms with Gasteiger partial charge >= 0.3 is 0 Å². The summed E-state index contributed by atoms with van der Waals surface area (Å²) in [5.41, 5.74) is 4.66. The normalized spacial score (nSPS) is 12.9. The van der Waals surface area contributed by atoms with Crippen molar-refractivity contribution in [3.63, 3.8) is 0 Å². The number of H-pyrrole nitrogens is 1. The second-order valence-corrected chi connectivity index (χ2v) is 7.13. The quantitative estimate of drug-likeness (QED) is 0.530. The van der Waals surface area contributed by atoms with Crippen LogP contribution in [0.25, 0.3) is 6.08 Å². The van der Waals surface area contributed by atoms with Gasteiger partial charge in [0.05, 0.1) is 25.0 Å². The van der Waals surface area contributed by atoms with Crippen molar-refractivity contribution in [1.82, 2.24) is 25.3 Å². The van der Waals surface area contributed by atoms with Crippen molar-refractivity contribution < 1.29 is 13.6 Å². The fourth-order valence-corrected chi connectivity index (χ4v) is 3.41. The summed E-state index contributed by atoms with van der Waals surface area (Å²) in [5.74, 6) is -0.286. The van der Waals surface area contributed by atoms with Crippen molar-refractivity contribution in [3.05, 3.63) is 70.8 Å². The smallest absolute Gasteiger partial charge is 0.276 e. The van der Waals surface area contributed by atoms with Gasteiger partial charge in [0, 0.05) is 24.0 Å². The highest BCUT2D eigenvalue weighted by molar-refractivity contribution is 6.05. The fourth-order valence-electron chi connectivity index (χ4n) is 3.41. The topological polar surface area (TPSA) is 87.6 Å². The zero-order chi connectivity index (χ0) is 20.9. The lowest BCUT2D eigenvalue weighted by Crippen LogP contribution is -2.20. The monoisotopic (exact) mass is 412 g/mol. The van der Waals surface area contributed by atoms with E-state index in [2.05, 4.69) is 25.9 Å². The zero-order valence-electron chi connectivity index (χ0n) is 16.2. The lowest BCUT2D eigenvalue weighted by molar-refractivity contribution is 0.102. The summed E-state index contributed by atoms with van der Waals surface area (Å²) in [5, 5.41) is 16.9. The van der Waals surface area contributed by atoms with Crippen LogP contribution in [0.3, 0.4) is 0 Å². The average molecular weight is 412 g/mol. The van der Waals surface area contributed by atoms with Gasteiger partial charge in [-0.2, -0.15) is 10.2 Å². The van der Waals surface area contributed by atoms with Gasteiger partial charge in [-0.05, 0) is 24.0 Å². The van der Waals surface area contributed by atoms with E-state index in [0.717, 1.165) is 35.2 Å². The fraction of sp³-hybridized carbons (Fsp3) is 0.286. The van der Waals surface area contributed by atoms with Crippen LogP contribution < -0.4 is 10.6 Å². The highest BCUT2D eigenvalue weighted by atomic mass is 19.3. The minimum atomic E-state index is -2.37. The van der Waals surface area contributed by atoms with Crippen molar-refractivity contribution in [3.8, 4) is 0 Å². The number of benzene rings is 1. The Balaban J connectivity index is 1.37. The molecule has 4 rings (SSSR count). The first-order chi connectivity index (χ1) is 14.6. The van der Waals surface area contributed by atoms with Crippen LogP contribution in [0.5, 0.6) is 0 Å². The van der Waals surface area contributed by atoms with Crippen molar-refractivity contribution in [2.45, 2.75) is 32.4 Å². The van der Waals surface area contributed by atoms with E-state index in [1.54, 1.807) is 17.1 Å². The Labute approximate surface area is 172 Å². The summed E-state index contributed by atoms with van der Waals surface area (Å²) in [4.78, 5) is 12.6. The van der Waals surface area contributed by atoms with E-state index >= 15 is 0 Å². The number of hydrogen-bond acceptors (Lipinski definition) is 4. The number of halogens is 2. The van der Waals surface area contributed by atoms with Crippen molar-refractivity contribution in [2.24, 2.45) is 0 Å². The van der Waals surface area contributed by atoms with E-state index in [-0.39, 0.29) is 12.5 Å². The van der Waals surface area contributed by atoms with Crippen LogP contribution in [-0.4, -0.2) is 38.9 Å². The third-order valence-electron chi connectivity index (χ3n) is 4.80. The van der Waals surface area contributed by atoms with E-state index in [0.29, 0.717) is 24.5 Å². The number of carbonyl (C=O) groups is 1. The third kappa shape index (κ3) is 4.80. The second-order valence-electron chi connectivity index (χ2n) is 7.13. The van der Waals surface area contributed by atoms with Crippen molar-refractivity contribution >= 4 is 17.7 Å². The van der Waals surface area contributed by atoms with E-state index < -0.39 is 6.43 Å². The number of fused-ring (bicyclic) bond motifs is 1. The largest absolute Gasteiger partial charge is 0.318 e. The SMILES string of the molecule is O=C(Nc1cnn(Cc2cccc(CNCC(F)F)c2)c1)c1n[nH]c2c1C=CCC2. The number of hydrogen-bond donors (Lipinski definition) is 3. The molecule has 0 saturated heterocycles. The van der Waals surface area contributed by atoms with Crippen LogP contribution >= 0.6 is 0 Å². The number of anilines is 1. The van der Waals surface area contributed by atoms with E-state index in [1.165, 1.54) is 0 Å². The third-order valence-corrected chi connectivity index (χ3v) is 4.80. The maximum atomic E-state index is 12.6. The molecule has 2 aromatic heterocycles. The second kappa shape index (κ2) is 9.00. The Morgan fingerprint density at radius 2 is 2.17 bits per heavy atom. The molecule has 9 heteroatoms. The van der Waals surface area contributed by atoms with E-state index in [1.807, 2.05) is 36.4 Å². The number of aromatic amines is 1. The number of rotatable bonds is 8.